The van der Waals surface area contributed by atoms with Gasteiger partial charge >= 0.3 is 0 Å². The van der Waals surface area contributed by atoms with E-state index in [4.69, 9.17) is 34.8 Å². The lowest BCUT2D eigenvalue weighted by Crippen LogP contribution is -2.36. The Kier molecular flexibility index (Phi) is 5.79. The molecule has 1 aliphatic heterocycles. The van der Waals surface area contributed by atoms with Crippen molar-refractivity contribution in [2.75, 3.05) is 0 Å². The van der Waals surface area contributed by atoms with Gasteiger partial charge in [-0.3, -0.25) is 0 Å². The van der Waals surface area contributed by atoms with Crippen LogP contribution in [0.1, 0.15) is 17.8 Å². The number of benzene rings is 2. The minimum absolute atomic E-state index is 0. The Labute approximate surface area is 172 Å². The molecule has 1 aliphatic rings. The average molecular weight is 460 g/mol. The number of halogens is 4. The molecule has 0 radical (unpaired) electrons. The standard InChI is InChI=1S/C19H16Cl3N2.BrH/c20-15-6-3-13(4-7-15)18-12-23(19-2-1-9-24(18)19)11-14-5-8-16(21)10-17(14)22;/h3-8,10,12H,1-2,9,11H2;1H/q+1;. The van der Waals surface area contributed by atoms with Gasteiger partial charge in [-0.2, -0.15) is 0 Å². The molecule has 6 heteroatoms. The zero-order chi connectivity index (χ0) is 16.7. The van der Waals surface area contributed by atoms with E-state index in [0.29, 0.717) is 10.0 Å². The maximum absolute atomic E-state index is 6.35. The maximum Gasteiger partial charge on any atom is 0.257 e. The van der Waals surface area contributed by atoms with Crippen molar-refractivity contribution in [1.82, 2.24) is 4.57 Å². The van der Waals surface area contributed by atoms with E-state index in [9.17, 15) is 0 Å². The average Bonchev–Trinajstić information content (AvgIpc) is 3.15. The summed E-state index contributed by atoms with van der Waals surface area (Å²) < 4.78 is 4.69. The zero-order valence-corrected chi connectivity index (χ0v) is 17.4. The SMILES string of the molecule is Br.Clc1ccc(-c2c[n+](Cc3ccc(Cl)cc3Cl)c3n2CCC3)cc1. The van der Waals surface area contributed by atoms with Gasteiger partial charge in [-0.15, -0.1) is 17.0 Å². The van der Waals surface area contributed by atoms with Crippen molar-refractivity contribution in [3.05, 3.63) is 75.1 Å². The van der Waals surface area contributed by atoms with E-state index >= 15 is 0 Å². The summed E-state index contributed by atoms with van der Waals surface area (Å²) in [6, 6.07) is 13.7. The summed E-state index contributed by atoms with van der Waals surface area (Å²) >= 11 is 18.4. The number of hydrogen-bond donors (Lipinski definition) is 0. The number of hydrogen-bond acceptors (Lipinski definition) is 0. The second-order valence-corrected chi connectivity index (χ2v) is 7.34. The Morgan fingerprint density at radius 2 is 1.68 bits per heavy atom. The highest BCUT2D eigenvalue weighted by Crippen LogP contribution is 2.27. The lowest BCUT2D eigenvalue weighted by Gasteiger charge is -2.03. The molecule has 0 unspecified atom stereocenters. The van der Waals surface area contributed by atoms with Crippen LogP contribution in [-0.4, -0.2) is 4.57 Å². The summed E-state index contributed by atoms with van der Waals surface area (Å²) in [5, 5.41) is 2.13. The maximum atomic E-state index is 6.35. The van der Waals surface area contributed by atoms with E-state index < -0.39 is 0 Å². The molecular weight excluding hydrogens is 442 g/mol. The van der Waals surface area contributed by atoms with Crippen LogP contribution in [0, 0.1) is 0 Å². The summed E-state index contributed by atoms with van der Waals surface area (Å²) in [5.74, 6) is 1.34. The molecule has 0 fully saturated rings. The van der Waals surface area contributed by atoms with Crippen LogP contribution in [0.2, 0.25) is 15.1 Å². The smallest absolute Gasteiger partial charge is 0.229 e. The first-order chi connectivity index (χ1) is 11.6. The molecule has 2 aromatic carbocycles. The van der Waals surface area contributed by atoms with Crippen LogP contribution < -0.4 is 4.57 Å². The second-order valence-electron chi connectivity index (χ2n) is 6.06. The van der Waals surface area contributed by atoms with Crippen LogP contribution in [0.3, 0.4) is 0 Å². The first kappa shape index (κ1) is 18.8. The fraction of sp³-hybridized carbons (Fsp3) is 0.211. The van der Waals surface area contributed by atoms with Crippen LogP contribution in [0.15, 0.2) is 48.7 Å². The third-order valence-electron chi connectivity index (χ3n) is 4.49. The van der Waals surface area contributed by atoms with Crippen molar-refractivity contribution < 1.29 is 4.57 Å². The molecule has 2 heterocycles. The van der Waals surface area contributed by atoms with Crippen LogP contribution in [-0.2, 0) is 19.5 Å². The molecule has 0 aliphatic carbocycles. The summed E-state index contributed by atoms with van der Waals surface area (Å²) in [6.07, 6.45) is 4.46. The number of imidazole rings is 1. The molecule has 0 atom stereocenters. The molecule has 0 N–H and O–H groups in total. The Bertz CT molecular complexity index is 904. The minimum Gasteiger partial charge on any atom is -0.229 e. The highest BCUT2D eigenvalue weighted by Gasteiger charge is 2.28. The molecule has 1 aromatic heterocycles. The predicted molar refractivity (Wildman–Crippen MR) is 109 cm³/mol. The van der Waals surface area contributed by atoms with Crippen molar-refractivity contribution in [2.24, 2.45) is 0 Å². The molecule has 3 aromatic rings. The molecule has 0 bridgehead atoms. The van der Waals surface area contributed by atoms with Crippen molar-refractivity contribution in [2.45, 2.75) is 25.9 Å². The molecular formula is C19H17BrCl3N2+. The number of aromatic nitrogens is 2. The normalized spacial score (nSPS) is 12.8. The quantitative estimate of drug-likeness (QED) is 0.427. The van der Waals surface area contributed by atoms with Crippen molar-refractivity contribution >= 4 is 51.8 Å². The highest BCUT2D eigenvalue weighted by molar-refractivity contribution is 8.93. The van der Waals surface area contributed by atoms with Gasteiger partial charge in [0.05, 0.1) is 13.0 Å². The lowest BCUT2D eigenvalue weighted by molar-refractivity contribution is -0.694. The van der Waals surface area contributed by atoms with Gasteiger partial charge in [-0.25, -0.2) is 9.13 Å². The van der Waals surface area contributed by atoms with Crippen LogP contribution >= 0.6 is 51.8 Å². The molecule has 0 saturated carbocycles. The summed E-state index contributed by atoms with van der Waals surface area (Å²) in [5.41, 5.74) is 3.49. The predicted octanol–water partition coefficient (Wildman–Crippen LogP) is 5.98. The van der Waals surface area contributed by atoms with Gasteiger partial charge in [-0.05, 0) is 42.8 Å². The lowest BCUT2D eigenvalue weighted by atomic mass is 10.1. The summed E-state index contributed by atoms with van der Waals surface area (Å²) in [7, 11) is 0. The van der Waals surface area contributed by atoms with E-state index in [1.165, 1.54) is 23.5 Å². The van der Waals surface area contributed by atoms with Gasteiger partial charge in [0.25, 0.3) is 5.82 Å². The van der Waals surface area contributed by atoms with Crippen molar-refractivity contribution in [3.63, 3.8) is 0 Å². The highest BCUT2D eigenvalue weighted by atomic mass is 79.9. The Morgan fingerprint density at radius 1 is 0.960 bits per heavy atom. The Morgan fingerprint density at radius 3 is 2.40 bits per heavy atom. The molecule has 0 saturated heterocycles. The third kappa shape index (κ3) is 3.75. The summed E-state index contributed by atoms with van der Waals surface area (Å²) in [6.45, 7) is 1.80. The largest absolute Gasteiger partial charge is 0.257 e. The number of nitrogens with zero attached hydrogens (tertiary/aromatic N) is 2. The van der Waals surface area contributed by atoms with Gasteiger partial charge in [-0.1, -0.05) is 40.9 Å². The van der Waals surface area contributed by atoms with Crippen molar-refractivity contribution in [3.8, 4) is 11.3 Å². The fourth-order valence-corrected chi connectivity index (χ4v) is 3.92. The monoisotopic (exact) mass is 457 g/mol. The van der Waals surface area contributed by atoms with E-state index in [-0.39, 0.29) is 17.0 Å². The van der Waals surface area contributed by atoms with Gasteiger partial charge < -0.3 is 0 Å². The molecule has 0 amide bonds. The minimum atomic E-state index is 0. The third-order valence-corrected chi connectivity index (χ3v) is 5.33. The fourth-order valence-electron chi connectivity index (χ4n) is 3.33. The topological polar surface area (TPSA) is 8.81 Å². The second kappa shape index (κ2) is 7.71. The van der Waals surface area contributed by atoms with Crippen LogP contribution in [0.5, 0.6) is 0 Å². The van der Waals surface area contributed by atoms with Gasteiger partial charge in [0.15, 0.2) is 5.69 Å². The van der Waals surface area contributed by atoms with E-state index in [1.54, 1.807) is 6.07 Å². The summed E-state index contributed by atoms with van der Waals surface area (Å²) in [4.78, 5) is 0. The number of rotatable bonds is 3. The zero-order valence-electron chi connectivity index (χ0n) is 13.4. The first-order valence-corrected chi connectivity index (χ1v) is 9.07. The van der Waals surface area contributed by atoms with Gasteiger partial charge in [0.1, 0.15) is 12.7 Å². The molecule has 0 spiro atoms. The van der Waals surface area contributed by atoms with Crippen molar-refractivity contribution in [1.29, 1.82) is 0 Å². The number of fused-ring (bicyclic) bond motifs is 1. The molecule has 2 nitrogen and oxygen atoms in total. The van der Waals surface area contributed by atoms with E-state index in [0.717, 1.165) is 30.1 Å². The molecule has 25 heavy (non-hydrogen) atoms. The van der Waals surface area contributed by atoms with Crippen LogP contribution in [0.25, 0.3) is 11.3 Å². The van der Waals surface area contributed by atoms with E-state index in [1.807, 2.05) is 24.3 Å². The molecule has 130 valence electrons. The van der Waals surface area contributed by atoms with E-state index in [2.05, 4.69) is 27.5 Å². The Hall–Kier alpha value is -1.00. The Balaban J connectivity index is 0.00000182. The van der Waals surface area contributed by atoms with Gasteiger partial charge in [0.2, 0.25) is 0 Å². The first-order valence-electron chi connectivity index (χ1n) is 7.93. The van der Waals surface area contributed by atoms with Gasteiger partial charge in [0, 0.05) is 26.2 Å². The van der Waals surface area contributed by atoms with Crippen LogP contribution in [0.4, 0.5) is 0 Å². The molecule has 4 rings (SSSR count).